The average Bonchev–Trinajstić information content (AvgIpc) is 3.75. The van der Waals surface area contributed by atoms with Crippen molar-refractivity contribution in [3.63, 3.8) is 0 Å². The molecule has 3 aromatic rings. The summed E-state index contributed by atoms with van der Waals surface area (Å²) in [5, 5.41) is 3.13. The maximum Gasteiger partial charge on any atom is 0.324 e. The van der Waals surface area contributed by atoms with E-state index in [-0.39, 0.29) is 17.2 Å². The van der Waals surface area contributed by atoms with Crippen LogP contribution >= 0.6 is 0 Å². The number of rotatable bonds is 6. The summed E-state index contributed by atoms with van der Waals surface area (Å²) >= 11 is 0. The third kappa shape index (κ3) is 3.06. The highest BCUT2D eigenvalue weighted by atomic mass is 19.1. The lowest BCUT2D eigenvalue weighted by Crippen LogP contribution is -2.29. The third-order valence-electron chi connectivity index (χ3n) is 7.85. The van der Waals surface area contributed by atoms with Crippen LogP contribution in [0.25, 0.3) is 11.1 Å². The Balaban J connectivity index is 1.30. The van der Waals surface area contributed by atoms with Gasteiger partial charge in [0, 0.05) is 49.1 Å². The monoisotopic (exact) mass is 459 g/mol. The summed E-state index contributed by atoms with van der Waals surface area (Å²) in [5.41, 5.74) is 10.7. The molecule has 2 aromatic heterocycles. The predicted octanol–water partition coefficient (Wildman–Crippen LogP) is 3.47. The van der Waals surface area contributed by atoms with Crippen molar-refractivity contribution in [1.82, 2.24) is 19.9 Å². The molecule has 0 spiro atoms. The van der Waals surface area contributed by atoms with Crippen molar-refractivity contribution in [2.45, 2.75) is 31.6 Å². The van der Waals surface area contributed by atoms with Crippen LogP contribution in [0, 0.1) is 17.2 Å². The molecule has 3 heterocycles. The molecule has 7 rings (SSSR count). The molecular weight excluding hydrogens is 433 g/mol. The summed E-state index contributed by atoms with van der Waals surface area (Å²) in [7, 11) is 1.81. The Labute approximate surface area is 196 Å². The van der Waals surface area contributed by atoms with Crippen molar-refractivity contribution in [2.24, 2.45) is 17.1 Å². The Morgan fingerprint density at radius 3 is 2.76 bits per heavy atom. The topological polar surface area (TPSA) is 102 Å². The Kier molecular flexibility index (Phi) is 4.18. The molecule has 1 aromatic carbocycles. The minimum atomic E-state index is -0.280. The van der Waals surface area contributed by atoms with Gasteiger partial charge in [0.25, 0.3) is 0 Å². The second kappa shape index (κ2) is 7.09. The van der Waals surface area contributed by atoms with Crippen molar-refractivity contribution < 1.29 is 9.13 Å². The normalized spacial score (nSPS) is 24.0. The number of nitrogens with one attached hydrogen (secondary N) is 1. The van der Waals surface area contributed by atoms with E-state index in [0.29, 0.717) is 30.6 Å². The van der Waals surface area contributed by atoms with Crippen LogP contribution in [0.4, 0.5) is 15.9 Å². The van der Waals surface area contributed by atoms with Crippen molar-refractivity contribution in [1.29, 1.82) is 0 Å². The minimum absolute atomic E-state index is 0.171. The maximum atomic E-state index is 14.5. The molecule has 0 radical (unpaired) electrons. The molecule has 3 aliphatic carbocycles. The predicted molar refractivity (Wildman–Crippen MR) is 126 cm³/mol. The molecule has 8 nitrogen and oxygen atoms in total. The third-order valence-corrected chi connectivity index (χ3v) is 7.85. The van der Waals surface area contributed by atoms with E-state index in [9.17, 15) is 4.39 Å². The van der Waals surface area contributed by atoms with Gasteiger partial charge in [0.15, 0.2) is 5.75 Å². The highest BCUT2D eigenvalue weighted by Crippen LogP contribution is 2.58. The minimum Gasteiger partial charge on any atom is -0.421 e. The van der Waals surface area contributed by atoms with E-state index in [1.807, 2.05) is 7.05 Å². The first-order valence-electron chi connectivity index (χ1n) is 11.9. The largest absolute Gasteiger partial charge is 0.421 e. The molecule has 3 N–H and O–H groups in total. The van der Waals surface area contributed by atoms with E-state index in [2.05, 4.69) is 20.2 Å². The molecule has 9 heteroatoms. The summed E-state index contributed by atoms with van der Waals surface area (Å²) < 4.78 is 20.5. The number of hydrogen-bond acceptors (Lipinski definition) is 8. The molecule has 2 saturated carbocycles. The van der Waals surface area contributed by atoms with Gasteiger partial charge in [-0.3, -0.25) is 0 Å². The van der Waals surface area contributed by atoms with Gasteiger partial charge < -0.3 is 20.7 Å². The molecule has 2 unspecified atom stereocenters. The zero-order valence-corrected chi connectivity index (χ0v) is 19.0. The maximum absolute atomic E-state index is 14.5. The lowest BCUT2D eigenvalue weighted by Gasteiger charge is -2.24. The molecule has 0 amide bonds. The van der Waals surface area contributed by atoms with Crippen LogP contribution in [-0.4, -0.2) is 46.6 Å². The smallest absolute Gasteiger partial charge is 0.324 e. The lowest BCUT2D eigenvalue weighted by atomic mass is 10.0. The van der Waals surface area contributed by atoms with Gasteiger partial charge in [-0.15, -0.1) is 0 Å². The van der Waals surface area contributed by atoms with Crippen LogP contribution in [0.5, 0.6) is 11.8 Å². The Morgan fingerprint density at radius 1 is 1.24 bits per heavy atom. The summed E-state index contributed by atoms with van der Waals surface area (Å²) in [5.74, 6) is 2.95. The number of nitrogens with zero attached hydrogens (tertiary/aromatic N) is 5. The van der Waals surface area contributed by atoms with Gasteiger partial charge in [-0.25, -0.2) is 14.4 Å². The summed E-state index contributed by atoms with van der Waals surface area (Å²) in [4.78, 5) is 20.8. The van der Waals surface area contributed by atoms with Gasteiger partial charge in [-0.05, 0) is 55.0 Å². The van der Waals surface area contributed by atoms with Gasteiger partial charge in [0.05, 0.1) is 18.1 Å². The summed E-state index contributed by atoms with van der Waals surface area (Å²) in [6.45, 7) is 2.41. The second-order valence-corrected chi connectivity index (χ2v) is 10.1. The number of ether oxygens (including phenoxy) is 1. The second-order valence-electron chi connectivity index (χ2n) is 10.1. The van der Waals surface area contributed by atoms with Crippen molar-refractivity contribution in [3.05, 3.63) is 47.4 Å². The van der Waals surface area contributed by atoms with Crippen LogP contribution in [0.15, 0.2) is 24.5 Å². The molecule has 174 valence electrons. The molecular formula is C25H26FN7O. The van der Waals surface area contributed by atoms with Crippen molar-refractivity contribution in [3.8, 4) is 22.9 Å². The van der Waals surface area contributed by atoms with Crippen LogP contribution in [0.1, 0.15) is 42.3 Å². The molecule has 1 aliphatic heterocycles. The first-order valence-corrected chi connectivity index (χ1v) is 11.9. The number of anilines is 2. The molecule has 3 fully saturated rings. The quantitative estimate of drug-likeness (QED) is 0.452. The fraction of sp³-hybridized carbons (Fsp3) is 0.440. The fourth-order valence-electron chi connectivity index (χ4n) is 5.70. The highest BCUT2D eigenvalue weighted by Gasteiger charge is 2.59. The van der Waals surface area contributed by atoms with Gasteiger partial charge in [-0.2, -0.15) is 9.97 Å². The van der Waals surface area contributed by atoms with Crippen molar-refractivity contribution >= 4 is 11.5 Å². The van der Waals surface area contributed by atoms with E-state index < -0.39 is 0 Å². The number of fused-ring (bicyclic) bond motifs is 4. The van der Waals surface area contributed by atoms with Crippen LogP contribution in [0.2, 0.25) is 0 Å². The zero-order valence-electron chi connectivity index (χ0n) is 19.0. The standard InChI is InChI=1S/C25H26FN7O/c1-28-19-5-15(26)4-18-17(19)6-20-21(18)23(33-10-14-7-25(14,11-27)12-33)32-24(31-20)34-16-8-29-22(30-9-16)13-2-3-13/h4-5,8-9,13-14,28H,2-3,6-7,10-12,27H2,1H3. The zero-order chi connectivity index (χ0) is 23.0. The van der Waals surface area contributed by atoms with Crippen LogP contribution in [0.3, 0.4) is 0 Å². The first-order chi connectivity index (χ1) is 16.6. The van der Waals surface area contributed by atoms with Crippen molar-refractivity contribution in [2.75, 3.05) is 36.9 Å². The number of piperidine rings is 1. The van der Waals surface area contributed by atoms with E-state index in [1.165, 1.54) is 6.07 Å². The molecule has 0 bridgehead atoms. The van der Waals surface area contributed by atoms with E-state index in [1.54, 1.807) is 18.5 Å². The van der Waals surface area contributed by atoms with Gasteiger partial charge in [-0.1, -0.05) is 0 Å². The summed E-state index contributed by atoms with van der Waals surface area (Å²) in [6, 6.07) is 3.39. The number of hydrogen-bond donors (Lipinski definition) is 2. The molecule has 4 aliphatic rings. The van der Waals surface area contributed by atoms with Gasteiger partial charge >= 0.3 is 6.01 Å². The lowest BCUT2D eigenvalue weighted by molar-refractivity contribution is 0.435. The molecule has 34 heavy (non-hydrogen) atoms. The Hall–Kier alpha value is -3.33. The Morgan fingerprint density at radius 2 is 2.06 bits per heavy atom. The van der Waals surface area contributed by atoms with Gasteiger partial charge in [0.1, 0.15) is 17.5 Å². The first kappa shape index (κ1) is 20.1. The Bertz CT molecular complexity index is 1310. The number of halogens is 1. The average molecular weight is 460 g/mol. The number of aromatic nitrogens is 4. The number of nitrogens with two attached hydrogens (primary N) is 1. The molecule has 1 saturated heterocycles. The van der Waals surface area contributed by atoms with Crippen LogP contribution in [-0.2, 0) is 6.42 Å². The number of benzene rings is 1. The highest BCUT2D eigenvalue weighted by molar-refractivity contribution is 5.88. The van der Waals surface area contributed by atoms with E-state index in [0.717, 1.165) is 72.1 Å². The van der Waals surface area contributed by atoms with E-state index in [4.69, 9.17) is 20.4 Å². The fourth-order valence-corrected chi connectivity index (χ4v) is 5.70. The van der Waals surface area contributed by atoms with Gasteiger partial charge in [0.2, 0.25) is 0 Å². The summed E-state index contributed by atoms with van der Waals surface area (Å²) in [6.07, 6.45) is 7.42. The van der Waals surface area contributed by atoms with Crippen LogP contribution < -0.4 is 20.7 Å². The SMILES string of the molecule is CNc1cc(F)cc2c1Cc1nc(Oc3cnc(C4CC4)nc3)nc(N3CC4CC4(CN)C3)c1-2. The molecule has 2 atom stereocenters. The van der Waals surface area contributed by atoms with E-state index >= 15 is 0 Å².